The standard InChI is InChI=1S/C23H21NO3/c25-22(16-18-13-14-19-10-4-5-11-20(19)15-18)24-21(23(26)27)12-6-9-17-7-2-1-3-8-17/h1-11,13-15,21H,12,16H2,(H,24,25)(H,26,27)/b9-6+/t21-/m1/s1. The fourth-order valence-electron chi connectivity index (χ4n) is 2.91. The van der Waals surface area contributed by atoms with Gasteiger partial charge in [-0.15, -0.1) is 0 Å². The Morgan fingerprint density at radius 1 is 0.926 bits per heavy atom. The number of carbonyl (C=O) groups excluding carboxylic acids is 1. The summed E-state index contributed by atoms with van der Waals surface area (Å²) in [5.41, 5.74) is 1.85. The molecule has 0 aliphatic carbocycles. The van der Waals surface area contributed by atoms with Crippen molar-refractivity contribution in [3.8, 4) is 0 Å². The van der Waals surface area contributed by atoms with Gasteiger partial charge < -0.3 is 10.4 Å². The summed E-state index contributed by atoms with van der Waals surface area (Å²) >= 11 is 0. The van der Waals surface area contributed by atoms with Crippen LogP contribution in [0, 0.1) is 0 Å². The van der Waals surface area contributed by atoms with Gasteiger partial charge in [0.15, 0.2) is 0 Å². The van der Waals surface area contributed by atoms with Crippen LogP contribution in [0.3, 0.4) is 0 Å². The fraction of sp³-hybridized carbons (Fsp3) is 0.130. The smallest absolute Gasteiger partial charge is 0.326 e. The SMILES string of the molecule is O=C(Cc1ccc2ccccc2c1)N[C@H](C/C=C/c1ccccc1)C(=O)O. The molecule has 0 bridgehead atoms. The first kappa shape index (κ1) is 18.4. The topological polar surface area (TPSA) is 66.4 Å². The molecule has 3 rings (SSSR count). The van der Waals surface area contributed by atoms with Crippen molar-refractivity contribution in [3.05, 3.63) is 90.0 Å². The number of nitrogens with one attached hydrogen (secondary N) is 1. The number of benzene rings is 3. The van der Waals surface area contributed by atoms with Crippen molar-refractivity contribution < 1.29 is 14.7 Å². The van der Waals surface area contributed by atoms with Crippen LogP contribution in [0.2, 0.25) is 0 Å². The van der Waals surface area contributed by atoms with E-state index in [0.717, 1.165) is 21.9 Å². The molecule has 4 heteroatoms. The number of rotatable bonds is 7. The molecule has 3 aromatic carbocycles. The molecule has 0 saturated carbocycles. The van der Waals surface area contributed by atoms with Crippen molar-refractivity contribution in [1.82, 2.24) is 5.32 Å². The molecule has 0 spiro atoms. The molecular weight excluding hydrogens is 338 g/mol. The monoisotopic (exact) mass is 359 g/mol. The number of amides is 1. The average molecular weight is 359 g/mol. The van der Waals surface area contributed by atoms with E-state index in [1.54, 1.807) is 6.08 Å². The second-order valence-corrected chi connectivity index (χ2v) is 6.37. The fourth-order valence-corrected chi connectivity index (χ4v) is 2.91. The van der Waals surface area contributed by atoms with Gasteiger partial charge in [-0.1, -0.05) is 84.9 Å². The number of hydrogen-bond acceptors (Lipinski definition) is 2. The van der Waals surface area contributed by atoms with Gasteiger partial charge in [0.1, 0.15) is 6.04 Å². The highest BCUT2D eigenvalue weighted by atomic mass is 16.4. The Kier molecular flexibility index (Phi) is 6.00. The van der Waals surface area contributed by atoms with E-state index in [4.69, 9.17) is 0 Å². The molecule has 136 valence electrons. The lowest BCUT2D eigenvalue weighted by molar-refractivity contribution is -0.141. The number of carboxylic acids is 1. The molecular formula is C23H21NO3. The lowest BCUT2D eigenvalue weighted by atomic mass is 10.0. The zero-order valence-electron chi connectivity index (χ0n) is 14.8. The summed E-state index contributed by atoms with van der Waals surface area (Å²) in [5.74, 6) is -1.34. The zero-order chi connectivity index (χ0) is 19.1. The van der Waals surface area contributed by atoms with E-state index < -0.39 is 12.0 Å². The molecule has 2 N–H and O–H groups in total. The zero-order valence-corrected chi connectivity index (χ0v) is 14.8. The van der Waals surface area contributed by atoms with Crippen LogP contribution >= 0.6 is 0 Å². The number of aliphatic carboxylic acids is 1. The Hall–Kier alpha value is -3.40. The maximum atomic E-state index is 12.3. The molecule has 0 aliphatic heterocycles. The van der Waals surface area contributed by atoms with Crippen LogP contribution < -0.4 is 5.32 Å². The third-order valence-corrected chi connectivity index (χ3v) is 4.29. The minimum Gasteiger partial charge on any atom is -0.480 e. The Morgan fingerprint density at radius 2 is 1.63 bits per heavy atom. The molecule has 0 radical (unpaired) electrons. The van der Waals surface area contributed by atoms with Crippen molar-refractivity contribution in [2.24, 2.45) is 0 Å². The van der Waals surface area contributed by atoms with Crippen LogP contribution in [0.25, 0.3) is 16.8 Å². The summed E-state index contributed by atoms with van der Waals surface area (Å²) in [4.78, 5) is 23.8. The van der Waals surface area contributed by atoms with Crippen LogP contribution in [0.1, 0.15) is 17.5 Å². The molecule has 0 unspecified atom stereocenters. The van der Waals surface area contributed by atoms with Crippen LogP contribution in [-0.2, 0) is 16.0 Å². The van der Waals surface area contributed by atoms with E-state index >= 15 is 0 Å². The number of carboxylic acid groups (broad SMARTS) is 1. The normalized spacial score (nSPS) is 12.1. The van der Waals surface area contributed by atoms with Crippen molar-refractivity contribution in [2.45, 2.75) is 18.9 Å². The minimum absolute atomic E-state index is 0.150. The summed E-state index contributed by atoms with van der Waals surface area (Å²) in [6, 6.07) is 22.4. The molecule has 27 heavy (non-hydrogen) atoms. The number of carbonyl (C=O) groups is 2. The van der Waals surface area contributed by atoms with E-state index in [1.165, 1.54) is 0 Å². The van der Waals surface area contributed by atoms with Gasteiger partial charge in [0, 0.05) is 0 Å². The maximum Gasteiger partial charge on any atom is 0.326 e. The predicted molar refractivity (Wildman–Crippen MR) is 107 cm³/mol. The van der Waals surface area contributed by atoms with E-state index in [-0.39, 0.29) is 18.7 Å². The van der Waals surface area contributed by atoms with Crippen molar-refractivity contribution in [3.63, 3.8) is 0 Å². The Morgan fingerprint density at radius 3 is 2.37 bits per heavy atom. The van der Waals surface area contributed by atoms with E-state index in [9.17, 15) is 14.7 Å². The molecule has 4 nitrogen and oxygen atoms in total. The highest BCUT2D eigenvalue weighted by Crippen LogP contribution is 2.16. The molecule has 1 amide bonds. The largest absolute Gasteiger partial charge is 0.480 e. The van der Waals surface area contributed by atoms with Crippen LogP contribution in [0.4, 0.5) is 0 Å². The first-order valence-electron chi connectivity index (χ1n) is 8.83. The predicted octanol–water partition coefficient (Wildman–Crippen LogP) is 4.06. The lowest BCUT2D eigenvalue weighted by Crippen LogP contribution is -2.41. The van der Waals surface area contributed by atoms with Gasteiger partial charge in [-0.2, -0.15) is 0 Å². The highest BCUT2D eigenvalue weighted by Gasteiger charge is 2.18. The quantitative estimate of drug-likeness (QED) is 0.669. The summed E-state index contributed by atoms with van der Waals surface area (Å²) in [5, 5.41) is 14.2. The molecule has 0 aliphatic rings. The first-order chi connectivity index (χ1) is 13.1. The third-order valence-electron chi connectivity index (χ3n) is 4.29. The van der Waals surface area contributed by atoms with Crippen molar-refractivity contribution in [1.29, 1.82) is 0 Å². The van der Waals surface area contributed by atoms with Crippen LogP contribution in [0.5, 0.6) is 0 Å². The van der Waals surface area contributed by atoms with Gasteiger partial charge >= 0.3 is 5.97 Å². The summed E-state index contributed by atoms with van der Waals surface area (Å²) in [7, 11) is 0. The molecule has 0 aromatic heterocycles. The molecule has 3 aromatic rings. The third kappa shape index (κ3) is 5.28. The van der Waals surface area contributed by atoms with Crippen molar-refractivity contribution in [2.75, 3.05) is 0 Å². The van der Waals surface area contributed by atoms with Gasteiger partial charge in [0.05, 0.1) is 6.42 Å². The average Bonchev–Trinajstić information content (AvgIpc) is 2.68. The highest BCUT2D eigenvalue weighted by molar-refractivity contribution is 5.87. The Bertz CT molecular complexity index is 964. The van der Waals surface area contributed by atoms with E-state index in [2.05, 4.69) is 5.32 Å². The molecule has 0 heterocycles. The Balaban J connectivity index is 1.60. The van der Waals surface area contributed by atoms with Gasteiger partial charge in [-0.25, -0.2) is 4.79 Å². The van der Waals surface area contributed by atoms with Gasteiger partial charge in [-0.05, 0) is 28.3 Å². The minimum atomic E-state index is -1.04. The lowest BCUT2D eigenvalue weighted by Gasteiger charge is -2.13. The second-order valence-electron chi connectivity index (χ2n) is 6.37. The van der Waals surface area contributed by atoms with Gasteiger partial charge in [0.2, 0.25) is 5.91 Å². The van der Waals surface area contributed by atoms with Crippen molar-refractivity contribution >= 4 is 28.7 Å². The molecule has 1 atom stereocenters. The maximum absolute atomic E-state index is 12.3. The molecule has 0 saturated heterocycles. The van der Waals surface area contributed by atoms with Crippen LogP contribution in [-0.4, -0.2) is 23.0 Å². The number of fused-ring (bicyclic) bond motifs is 1. The summed E-state index contributed by atoms with van der Waals surface area (Å²) < 4.78 is 0. The van der Waals surface area contributed by atoms with Gasteiger partial charge in [0.25, 0.3) is 0 Å². The summed E-state index contributed by atoms with van der Waals surface area (Å²) in [6.45, 7) is 0. The number of hydrogen-bond donors (Lipinski definition) is 2. The van der Waals surface area contributed by atoms with Crippen LogP contribution in [0.15, 0.2) is 78.9 Å². The van der Waals surface area contributed by atoms with E-state index in [0.29, 0.717) is 0 Å². The summed E-state index contributed by atoms with van der Waals surface area (Å²) in [6.07, 6.45) is 4.00. The second kappa shape index (κ2) is 8.81. The molecule has 0 fully saturated rings. The van der Waals surface area contributed by atoms with E-state index in [1.807, 2.05) is 78.9 Å². The first-order valence-corrected chi connectivity index (χ1v) is 8.83. The Labute approximate surface area is 158 Å². The van der Waals surface area contributed by atoms with Gasteiger partial charge in [-0.3, -0.25) is 4.79 Å².